The number of nitrogens with one attached hydrogen (secondary N) is 1. The first-order valence-electron chi connectivity index (χ1n) is 9.44. The first-order valence-corrected chi connectivity index (χ1v) is 10.2. The van der Waals surface area contributed by atoms with E-state index in [0.29, 0.717) is 18.6 Å². The average molecular weight is 460 g/mol. The highest BCUT2D eigenvalue weighted by Gasteiger charge is 2.26. The van der Waals surface area contributed by atoms with Gasteiger partial charge in [-0.15, -0.1) is 0 Å². The van der Waals surface area contributed by atoms with Crippen LogP contribution in [0.2, 0.25) is 0 Å². The number of esters is 1. The number of rotatable bonds is 7. The van der Waals surface area contributed by atoms with Gasteiger partial charge in [0.25, 0.3) is 5.91 Å². The molecule has 1 aliphatic rings. The predicted molar refractivity (Wildman–Crippen MR) is 111 cm³/mol. The van der Waals surface area contributed by atoms with Crippen molar-refractivity contribution in [2.24, 2.45) is 0 Å². The first kappa shape index (κ1) is 21.0. The van der Waals surface area contributed by atoms with E-state index in [-0.39, 0.29) is 30.6 Å². The molecule has 0 bridgehead atoms. The number of carbonyl (C=O) groups is 3. The molecule has 1 amide bonds. The van der Waals surface area contributed by atoms with Crippen LogP contribution in [0, 0.1) is 0 Å². The molecule has 6 nitrogen and oxygen atoms in total. The Kier molecular flexibility index (Phi) is 7.04. The Labute approximate surface area is 177 Å². The van der Waals surface area contributed by atoms with Crippen molar-refractivity contribution in [3.05, 3.63) is 64.1 Å². The monoisotopic (exact) mass is 459 g/mol. The molecular weight excluding hydrogens is 438 g/mol. The highest BCUT2D eigenvalue weighted by Crippen LogP contribution is 2.31. The van der Waals surface area contributed by atoms with E-state index in [2.05, 4.69) is 21.2 Å². The summed E-state index contributed by atoms with van der Waals surface area (Å²) in [7, 11) is 0. The Morgan fingerprint density at radius 3 is 2.62 bits per heavy atom. The van der Waals surface area contributed by atoms with Crippen LogP contribution in [0.1, 0.15) is 48.1 Å². The molecule has 0 radical (unpaired) electrons. The Balaban J connectivity index is 1.47. The van der Waals surface area contributed by atoms with Crippen LogP contribution in [0.4, 0.5) is 0 Å². The minimum absolute atomic E-state index is 0.0299. The second-order valence-electron chi connectivity index (χ2n) is 6.80. The smallest absolute Gasteiger partial charge is 0.307 e. The summed E-state index contributed by atoms with van der Waals surface area (Å²) in [6.45, 7) is 2.03. The second-order valence-corrected chi connectivity index (χ2v) is 7.71. The van der Waals surface area contributed by atoms with Crippen LogP contribution in [-0.2, 0) is 14.3 Å². The summed E-state index contributed by atoms with van der Waals surface area (Å²) in [5.41, 5.74) is 1.44. The van der Waals surface area contributed by atoms with Crippen molar-refractivity contribution in [2.75, 3.05) is 6.61 Å². The molecule has 152 valence electrons. The summed E-state index contributed by atoms with van der Waals surface area (Å²) in [5, 5.41) is 2.91. The van der Waals surface area contributed by atoms with E-state index in [1.165, 1.54) is 6.92 Å². The topological polar surface area (TPSA) is 81.7 Å². The van der Waals surface area contributed by atoms with Gasteiger partial charge >= 0.3 is 5.97 Å². The fourth-order valence-electron chi connectivity index (χ4n) is 3.09. The number of carbonyl (C=O) groups excluding carboxylic acids is 3. The Morgan fingerprint density at radius 1 is 1.14 bits per heavy atom. The molecule has 2 unspecified atom stereocenters. The third-order valence-corrected chi connectivity index (χ3v) is 5.20. The molecule has 0 saturated carbocycles. The molecule has 1 heterocycles. The van der Waals surface area contributed by atoms with Gasteiger partial charge in [-0.3, -0.25) is 14.4 Å². The number of fused-ring (bicyclic) bond motifs is 1. The molecule has 29 heavy (non-hydrogen) atoms. The van der Waals surface area contributed by atoms with Gasteiger partial charge in [-0.1, -0.05) is 46.3 Å². The van der Waals surface area contributed by atoms with Crippen molar-refractivity contribution in [1.29, 1.82) is 0 Å². The summed E-state index contributed by atoms with van der Waals surface area (Å²) < 4.78 is 11.7. The lowest BCUT2D eigenvalue weighted by Gasteiger charge is -2.27. The molecular formula is C22H22BrNO5. The summed E-state index contributed by atoms with van der Waals surface area (Å²) in [4.78, 5) is 36.6. The zero-order valence-corrected chi connectivity index (χ0v) is 17.6. The maximum atomic E-state index is 12.4. The van der Waals surface area contributed by atoms with Crippen LogP contribution in [0.25, 0.3) is 0 Å². The summed E-state index contributed by atoms with van der Waals surface area (Å²) >= 11 is 3.31. The van der Waals surface area contributed by atoms with E-state index in [1.807, 2.05) is 24.3 Å². The standard InChI is InChI=1S/C22H22BrNO5/c1-14(22(27)24-18-12-13-28-20-5-3-2-4-17(18)20)29-21(26)11-10-19(25)15-6-8-16(23)9-7-15/h2-9,14,18H,10-13H2,1H3,(H,24,27). The van der Waals surface area contributed by atoms with E-state index in [0.717, 1.165) is 15.8 Å². The molecule has 0 saturated heterocycles. The average Bonchev–Trinajstić information content (AvgIpc) is 2.72. The summed E-state index contributed by atoms with van der Waals surface area (Å²) in [5.74, 6) is -0.352. The van der Waals surface area contributed by atoms with Crippen LogP contribution < -0.4 is 10.1 Å². The van der Waals surface area contributed by atoms with Gasteiger partial charge in [0.2, 0.25) is 0 Å². The molecule has 2 atom stereocenters. The van der Waals surface area contributed by atoms with Crippen molar-refractivity contribution < 1.29 is 23.9 Å². The zero-order chi connectivity index (χ0) is 20.8. The van der Waals surface area contributed by atoms with Gasteiger partial charge in [0, 0.05) is 28.4 Å². The molecule has 0 aliphatic carbocycles. The molecule has 0 aromatic heterocycles. The lowest BCUT2D eigenvalue weighted by molar-refractivity contribution is -0.155. The predicted octanol–water partition coefficient (Wildman–Crippen LogP) is 3.98. The highest BCUT2D eigenvalue weighted by molar-refractivity contribution is 9.10. The summed E-state index contributed by atoms with van der Waals surface area (Å²) in [6.07, 6.45) is -0.347. The normalized spacial score (nSPS) is 16.1. The lowest BCUT2D eigenvalue weighted by Crippen LogP contribution is -2.39. The van der Waals surface area contributed by atoms with Crippen LogP contribution in [0.3, 0.4) is 0 Å². The Morgan fingerprint density at radius 2 is 1.86 bits per heavy atom. The quantitative estimate of drug-likeness (QED) is 0.500. The molecule has 2 aromatic carbocycles. The molecule has 0 fully saturated rings. The van der Waals surface area contributed by atoms with Gasteiger partial charge in [-0.05, 0) is 25.1 Å². The van der Waals surface area contributed by atoms with Crippen molar-refractivity contribution in [3.63, 3.8) is 0 Å². The van der Waals surface area contributed by atoms with E-state index in [1.54, 1.807) is 24.3 Å². The van der Waals surface area contributed by atoms with Crippen molar-refractivity contribution >= 4 is 33.6 Å². The third-order valence-electron chi connectivity index (χ3n) is 4.67. The van der Waals surface area contributed by atoms with Crippen LogP contribution >= 0.6 is 15.9 Å². The molecule has 7 heteroatoms. The van der Waals surface area contributed by atoms with Crippen molar-refractivity contribution in [3.8, 4) is 5.75 Å². The number of benzene rings is 2. The SMILES string of the molecule is CC(OC(=O)CCC(=O)c1ccc(Br)cc1)C(=O)NC1CCOc2ccccc21. The number of amides is 1. The number of ether oxygens (including phenoxy) is 2. The number of ketones is 1. The molecule has 0 spiro atoms. The largest absolute Gasteiger partial charge is 0.493 e. The fourth-order valence-corrected chi connectivity index (χ4v) is 3.35. The first-order chi connectivity index (χ1) is 13.9. The lowest BCUT2D eigenvalue weighted by atomic mass is 10.0. The van der Waals surface area contributed by atoms with Gasteiger partial charge < -0.3 is 14.8 Å². The van der Waals surface area contributed by atoms with Crippen LogP contribution in [0.15, 0.2) is 53.0 Å². The van der Waals surface area contributed by atoms with Gasteiger partial charge in [0.15, 0.2) is 11.9 Å². The Bertz CT molecular complexity index is 896. The van der Waals surface area contributed by atoms with Crippen molar-refractivity contribution in [1.82, 2.24) is 5.32 Å². The maximum absolute atomic E-state index is 12.4. The van der Waals surface area contributed by atoms with Crippen LogP contribution in [0.5, 0.6) is 5.75 Å². The van der Waals surface area contributed by atoms with Crippen molar-refractivity contribution in [2.45, 2.75) is 38.3 Å². The third kappa shape index (κ3) is 5.67. The number of hydrogen-bond donors (Lipinski definition) is 1. The Hall–Kier alpha value is -2.67. The van der Waals surface area contributed by atoms with E-state index in [9.17, 15) is 14.4 Å². The van der Waals surface area contributed by atoms with Gasteiger partial charge in [-0.25, -0.2) is 0 Å². The molecule has 1 N–H and O–H groups in total. The number of para-hydroxylation sites is 1. The molecule has 3 rings (SSSR count). The molecule has 2 aromatic rings. The zero-order valence-electron chi connectivity index (χ0n) is 16.0. The second kappa shape index (κ2) is 9.69. The minimum Gasteiger partial charge on any atom is -0.493 e. The van der Waals surface area contributed by atoms with E-state index >= 15 is 0 Å². The highest BCUT2D eigenvalue weighted by atomic mass is 79.9. The summed E-state index contributed by atoms with van der Waals surface area (Å²) in [6, 6.07) is 14.3. The number of hydrogen-bond acceptors (Lipinski definition) is 5. The minimum atomic E-state index is -0.944. The number of halogens is 1. The van der Waals surface area contributed by atoms with E-state index in [4.69, 9.17) is 9.47 Å². The maximum Gasteiger partial charge on any atom is 0.307 e. The van der Waals surface area contributed by atoms with Gasteiger partial charge in [0.05, 0.1) is 19.1 Å². The molecule has 1 aliphatic heterocycles. The fraction of sp³-hybridized carbons (Fsp3) is 0.318. The van der Waals surface area contributed by atoms with E-state index < -0.39 is 12.1 Å². The van der Waals surface area contributed by atoms with Gasteiger partial charge in [0.1, 0.15) is 5.75 Å². The number of Topliss-reactive ketones (excluding diaryl/α,β-unsaturated/α-hetero) is 1. The van der Waals surface area contributed by atoms with Gasteiger partial charge in [-0.2, -0.15) is 0 Å². The van der Waals surface area contributed by atoms with Crippen LogP contribution in [-0.4, -0.2) is 30.4 Å².